The SMILES string of the molecule is C=C1[C@@H](OC(=O)/C=C\c2ccccc2)C[C@H](OC(C)=O)[C@@]2(COC(C)=O)[C@H](OC(C)=O)[C@@H](OC(C)=O)[C@@]3(O)[C@@]4(C)OC[C@]3(C)[C@@H](CC4=O)[C@H](OC(C)=O)[C@H]12. The van der Waals surface area contributed by atoms with Crippen molar-refractivity contribution in [1.29, 1.82) is 0 Å². The van der Waals surface area contributed by atoms with E-state index in [1.165, 1.54) is 19.1 Å². The Labute approximate surface area is 312 Å². The Bertz CT molecular complexity index is 1770. The molecule has 3 aliphatic carbocycles. The van der Waals surface area contributed by atoms with Gasteiger partial charge in [0.25, 0.3) is 0 Å². The van der Waals surface area contributed by atoms with Gasteiger partial charge in [-0.3, -0.25) is 28.8 Å². The van der Waals surface area contributed by atoms with E-state index >= 15 is 0 Å². The first-order chi connectivity index (χ1) is 25.2. The zero-order valence-electron chi connectivity index (χ0n) is 31.3. The van der Waals surface area contributed by atoms with Crippen molar-refractivity contribution in [3.63, 3.8) is 0 Å². The van der Waals surface area contributed by atoms with E-state index in [9.17, 15) is 38.7 Å². The Morgan fingerprint density at radius 1 is 0.852 bits per heavy atom. The molecule has 1 aromatic rings. The summed E-state index contributed by atoms with van der Waals surface area (Å²) in [5, 5.41) is 13.2. The molecule has 54 heavy (non-hydrogen) atoms. The van der Waals surface area contributed by atoms with Crippen LogP contribution in [0, 0.1) is 22.7 Å². The van der Waals surface area contributed by atoms with Crippen molar-refractivity contribution in [1.82, 2.24) is 0 Å². The lowest BCUT2D eigenvalue weighted by Crippen LogP contribution is -2.81. The number of benzene rings is 1. The lowest BCUT2D eigenvalue weighted by molar-refractivity contribution is -0.303. The highest BCUT2D eigenvalue weighted by atomic mass is 16.6. The van der Waals surface area contributed by atoms with Crippen LogP contribution in [0.15, 0.2) is 48.6 Å². The quantitative estimate of drug-likeness (QED) is 0.167. The first-order valence-electron chi connectivity index (χ1n) is 17.6. The number of carbonyl (C=O) groups excluding carboxylic acids is 7. The smallest absolute Gasteiger partial charge is 0.331 e. The van der Waals surface area contributed by atoms with Crippen molar-refractivity contribution in [3.8, 4) is 0 Å². The summed E-state index contributed by atoms with van der Waals surface area (Å²) in [6.07, 6.45) is -6.20. The molecule has 0 unspecified atom stereocenters. The molecule has 1 aromatic carbocycles. The van der Waals surface area contributed by atoms with E-state index in [4.69, 9.17) is 33.2 Å². The van der Waals surface area contributed by atoms with Crippen LogP contribution in [0.25, 0.3) is 6.08 Å². The molecular formula is C39H46O15. The van der Waals surface area contributed by atoms with Crippen molar-refractivity contribution >= 4 is 47.7 Å². The van der Waals surface area contributed by atoms with Gasteiger partial charge in [0.15, 0.2) is 23.6 Å². The van der Waals surface area contributed by atoms with Gasteiger partial charge >= 0.3 is 35.8 Å². The molecule has 15 heteroatoms. The topological polar surface area (TPSA) is 204 Å². The molecule has 292 valence electrons. The van der Waals surface area contributed by atoms with E-state index in [1.54, 1.807) is 31.2 Å². The van der Waals surface area contributed by atoms with Crippen LogP contribution in [-0.4, -0.2) is 102 Å². The maximum Gasteiger partial charge on any atom is 0.331 e. The highest BCUT2D eigenvalue weighted by molar-refractivity contribution is 5.91. The minimum Gasteiger partial charge on any atom is -0.465 e. The van der Waals surface area contributed by atoms with Crippen LogP contribution in [0.4, 0.5) is 0 Å². The molecule has 0 amide bonds. The van der Waals surface area contributed by atoms with E-state index in [0.29, 0.717) is 5.56 Å². The van der Waals surface area contributed by atoms with Crippen molar-refractivity contribution in [3.05, 3.63) is 54.1 Å². The fourth-order valence-electron chi connectivity index (χ4n) is 9.26. The fraction of sp³-hybridized carbons (Fsp3) is 0.564. The molecule has 0 aromatic heterocycles. The fourth-order valence-corrected chi connectivity index (χ4v) is 9.26. The Morgan fingerprint density at radius 2 is 1.44 bits per heavy atom. The Balaban J connectivity index is 1.84. The summed E-state index contributed by atoms with van der Waals surface area (Å²) in [7, 11) is 0. The summed E-state index contributed by atoms with van der Waals surface area (Å²) < 4.78 is 41.8. The highest BCUT2D eigenvalue weighted by Crippen LogP contribution is 2.67. The van der Waals surface area contributed by atoms with Gasteiger partial charge in [0.1, 0.15) is 30.5 Å². The summed E-state index contributed by atoms with van der Waals surface area (Å²) in [6, 6.07) is 8.90. The molecule has 4 aliphatic rings. The molecule has 5 rings (SSSR count). The predicted molar refractivity (Wildman–Crippen MR) is 184 cm³/mol. The molecular weight excluding hydrogens is 708 g/mol. The van der Waals surface area contributed by atoms with Crippen molar-refractivity contribution in [2.45, 2.75) is 103 Å². The predicted octanol–water partition coefficient (Wildman–Crippen LogP) is 2.59. The average Bonchev–Trinajstić information content (AvgIpc) is 3.22. The minimum atomic E-state index is -2.51. The molecule has 1 saturated heterocycles. The molecule has 1 aliphatic heterocycles. The van der Waals surface area contributed by atoms with Gasteiger partial charge < -0.3 is 38.3 Å². The molecule has 4 bridgehead atoms. The van der Waals surface area contributed by atoms with Gasteiger partial charge in [-0.1, -0.05) is 43.8 Å². The second-order valence-corrected chi connectivity index (χ2v) is 14.8. The molecule has 15 nitrogen and oxygen atoms in total. The third-order valence-electron chi connectivity index (χ3n) is 11.6. The highest BCUT2D eigenvalue weighted by Gasteiger charge is 2.83. The van der Waals surface area contributed by atoms with Crippen molar-refractivity contribution < 1.29 is 71.8 Å². The van der Waals surface area contributed by atoms with E-state index in [0.717, 1.165) is 34.6 Å². The van der Waals surface area contributed by atoms with Crippen LogP contribution in [0.2, 0.25) is 0 Å². The van der Waals surface area contributed by atoms with Crippen LogP contribution in [0.1, 0.15) is 66.9 Å². The van der Waals surface area contributed by atoms with Gasteiger partial charge in [-0.25, -0.2) is 4.79 Å². The number of ether oxygens (including phenoxy) is 7. The summed E-state index contributed by atoms with van der Waals surface area (Å²) in [5.41, 5.74) is -7.51. The summed E-state index contributed by atoms with van der Waals surface area (Å²) in [5.74, 6) is -8.51. The monoisotopic (exact) mass is 754 g/mol. The summed E-state index contributed by atoms with van der Waals surface area (Å²) >= 11 is 0. The maximum atomic E-state index is 14.2. The van der Waals surface area contributed by atoms with Crippen LogP contribution in [-0.2, 0) is 66.7 Å². The number of aliphatic hydroxyl groups is 1. The van der Waals surface area contributed by atoms with Gasteiger partial charge in [0.05, 0.1) is 12.0 Å². The van der Waals surface area contributed by atoms with Crippen LogP contribution in [0.3, 0.4) is 0 Å². The standard InChI is InChI=1S/C39H46O15/c1-20-28(54-31(46)15-14-26-12-10-9-11-13-26)17-30(50-22(3)41)38(19-48-21(2)40)32(20)33(51-23(4)42)27-16-29(45)37(8)39(47,36(27,7)18-49-37)35(53-25(6)44)34(38)52-24(5)43/h9-15,27-28,30,32-35,47H,1,16-19H2,2-8H3/b15-14-/t27-,28-,30-,32-,33-,34+,35+,36+,37-,38+,39-/m0/s1. The maximum absolute atomic E-state index is 14.2. The zero-order chi connectivity index (χ0) is 40.0. The van der Waals surface area contributed by atoms with E-state index in [1.807, 2.05) is 6.07 Å². The van der Waals surface area contributed by atoms with Crippen LogP contribution < -0.4 is 0 Å². The number of ketones is 1. The first-order valence-corrected chi connectivity index (χ1v) is 17.6. The second-order valence-electron chi connectivity index (χ2n) is 14.8. The molecule has 11 atom stereocenters. The van der Waals surface area contributed by atoms with Crippen molar-refractivity contribution in [2.24, 2.45) is 22.7 Å². The number of fused-ring (bicyclic) bond motifs is 1. The number of carbonyl (C=O) groups is 7. The second kappa shape index (κ2) is 14.7. The Kier molecular flexibility index (Phi) is 11.0. The molecule has 1 heterocycles. The summed E-state index contributed by atoms with van der Waals surface area (Å²) in [6.45, 7) is 11.5. The number of rotatable bonds is 9. The van der Waals surface area contributed by atoms with E-state index in [2.05, 4.69) is 6.58 Å². The zero-order valence-corrected chi connectivity index (χ0v) is 31.3. The van der Waals surface area contributed by atoms with Gasteiger partial charge in [-0.05, 0) is 24.1 Å². The third kappa shape index (κ3) is 6.61. The molecule has 4 fully saturated rings. The lowest BCUT2D eigenvalue weighted by Gasteiger charge is -2.65. The minimum absolute atomic E-state index is 0.0470. The molecule has 0 radical (unpaired) electrons. The number of esters is 6. The Hall–Kier alpha value is -4.89. The largest absolute Gasteiger partial charge is 0.465 e. The third-order valence-corrected chi connectivity index (χ3v) is 11.6. The number of Topliss-reactive ketones (excluding diaryl/α,β-unsaturated/α-hetero) is 1. The average molecular weight is 755 g/mol. The summed E-state index contributed by atoms with van der Waals surface area (Å²) in [4.78, 5) is 92.6. The lowest BCUT2D eigenvalue weighted by atomic mass is 9.43. The molecule has 1 N–H and O–H groups in total. The number of hydrogen-bond donors (Lipinski definition) is 1. The first kappa shape index (κ1) is 40.3. The van der Waals surface area contributed by atoms with E-state index < -0.39 is 113 Å². The van der Waals surface area contributed by atoms with Gasteiger partial charge in [0.2, 0.25) is 0 Å². The van der Waals surface area contributed by atoms with Gasteiger partial charge in [-0.15, -0.1) is 0 Å². The van der Waals surface area contributed by atoms with E-state index in [-0.39, 0.29) is 25.0 Å². The van der Waals surface area contributed by atoms with Crippen LogP contribution in [0.5, 0.6) is 0 Å². The normalized spacial score (nSPS) is 36.9. The molecule has 0 spiro atoms. The Morgan fingerprint density at radius 3 is 2.02 bits per heavy atom. The van der Waals surface area contributed by atoms with Crippen molar-refractivity contribution in [2.75, 3.05) is 13.2 Å². The molecule has 3 saturated carbocycles. The number of hydrogen-bond acceptors (Lipinski definition) is 15. The van der Waals surface area contributed by atoms with Gasteiger partial charge in [-0.2, -0.15) is 0 Å². The van der Waals surface area contributed by atoms with Gasteiger partial charge in [0, 0.05) is 70.8 Å². The van der Waals surface area contributed by atoms with Crippen LogP contribution >= 0.6 is 0 Å².